The van der Waals surface area contributed by atoms with Crippen molar-refractivity contribution in [1.29, 1.82) is 0 Å². The molecule has 0 amide bonds. The van der Waals surface area contributed by atoms with Gasteiger partial charge in [-0.05, 0) is 29.8 Å². The second-order valence-corrected chi connectivity index (χ2v) is 5.16. The Morgan fingerprint density at radius 1 is 1.21 bits per heavy atom. The highest BCUT2D eigenvalue weighted by Crippen LogP contribution is 2.30. The number of rotatable bonds is 4. The summed E-state index contributed by atoms with van der Waals surface area (Å²) in [7, 11) is 1.63. The summed E-state index contributed by atoms with van der Waals surface area (Å²) >= 11 is 0. The molecule has 0 aliphatic rings. The van der Waals surface area contributed by atoms with E-state index in [1.807, 2.05) is 16.7 Å². The van der Waals surface area contributed by atoms with Crippen LogP contribution in [0.25, 0.3) is 11.4 Å². The standard InChI is InChI=1S/C16H14F3N5/c1-20-9-13-15(22-23-21-13)14-6-3-7-24(14)10-11-4-2-5-12(8-11)16(17,18)19/h2-9H,10H2,1H3,(H,21,22,23). The highest BCUT2D eigenvalue weighted by atomic mass is 19.4. The normalized spacial score (nSPS) is 12.2. The molecule has 2 aromatic heterocycles. The van der Waals surface area contributed by atoms with E-state index in [9.17, 15) is 13.2 Å². The summed E-state index contributed by atoms with van der Waals surface area (Å²) in [4.78, 5) is 3.92. The molecule has 0 saturated carbocycles. The zero-order valence-corrected chi connectivity index (χ0v) is 12.7. The lowest BCUT2D eigenvalue weighted by Crippen LogP contribution is -2.07. The van der Waals surface area contributed by atoms with Crippen LogP contribution in [0.5, 0.6) is 0 Å². The number of benzene rings is 1. The predicted molar refractivity (Wildman–Crippen MR) is 83.9 cm³/mol. The van der Waals surface area contributed by atoms with Crippen molar-refractivity contribution >= 4 is 6.21 Å². The molecule has 24 heavy (non-hydrogen) atoms. The van der Waals surface area contributed by atoms with Gasteiger partial charge in [0.05, 0.1) is 17.5 Å². The molecule has 5 nitrogen and oxygen atoms in total. The Morgan fingerprint density at radius 3 is 2.79 bits per heavy atom. The molecule has 3 rings (SSSR count). The second-order valence-electron chi connectivity index (χ2n) is 5.16. The van der Waals surface area contributed by atoms with Crippen molar-refractivity contribution < 1.29 is 13.2 Å². The monoisotopic (exact) mass is 333 g/mol. The van der Waals surface area contributed by atoms with Gasteiger partial charge in [-0.25, -0.2) is 0 Å². The summed E-state index contributed by atoms with van der Waals surface area (Å²) in [5.41, 5.74) is 1.81. The van der Waals surface area contributed by atoms with Crippen molar-refractivity contribution in [2.75, 3.05) is 7.05 Å². The Balaban J connectivity index is 1.93. The van der Waals surface area contributed by atoms with Crippen LogP contribution in [0.1, 0.15) is 16.8 Å². The SMILES string of the molecule is CN=Cc1n[nH]nc1-c1cccn1Cc1cccc(C(F)(F)F)c1. The van der Waals surface area contributed by atoms with Crippen LogP contribution in [0, 0.1) is 0 Å². The molecule has 0 aliphatic heterocycles. The van der Waals surface area contributed by atoms with Gasteiger partial charge in [0, 0.05) is 19.8 Å². The molecule has 0 unspecified atom stereocenters. The molecule has 0 aliphatic carbocycles. The van der Waals surface area contributed by atoms with Gasteiger partial charge in [0.1, 0.15) is 11.4 Å². The lowest BCUT2D eigenvalue weighted by molar-refractivity contribution is -0.137. The Labute approximate surface area is 135 Å². The fourth-order valence-corrected chi connectivity index (χ4v) is 2.45. The molecular weight excluding hydrogens is 319 g/mol. The first-order chi connectivity index (χ1) is 11.5. The van der Waals surface area contributed by atoms with Crippen molar-refractivity contribution in [1.82, 2.24) is 20.0 Å². The number of halogens is 3. The summed E-state index contributed by atoms with van der Waals surface area (Å²) in [6.07, 6.45) is -0.996. The molecule has 8 heteroatoms. The first-order valence-electron chi connectivity index (χ1n) is 7.13. The number of nitrogens with one attached hydrogen (secondary N) is 1. The van der Waals surface area contributed by atoms with Gasteiger partial charge in [-0.1, -0.05) is 12.1 Å². The number of nitrogens with zero attached hydrogens (tertiary/aromatic N) is 4. The molecule has 1 aromatic carbocycles. The van der Waals surface area contributed by atoms with E-state index < -0.39 is 11.7 Å². The maximum absolute atomic E-state index is 12.8. The van der Waals surface area contributed by atoms with Crippen molar-refractivity contribution in [3.8, 4) is 11.4 Å². The van der Waals surface area contributed by atoms with Gasteiger partial charge in [-0.2, -0.15) is 28.6 Å². The highest BCUT2D eigenvalue weighted by molar-refractivity contribution is 5.85. The zero-order valence-electron chi connectivity index (χ0n) is 12.7. The van der Waals surface area contributed by atoms with Gasteiger partial charge in [-0.3, -0.25) is 4.99 Å². The van der Waals surface area contributed by atoms with E-state index in [0.717, 1.165) is 17.8 Å². The van der Waals surface area contributed by atoms with Crippen LogP contribution in [0.3, 0.4) is 0 Å². The van der Waals surface area contributed by atoms with Gasteiger partial charge in [-0.15, -0.1) is 0 Å². The first kappa shape index (κ1) is 16.0. The summed E-state index contributed by atoms with van der Waals surface area (Å²) in [6.45, 7) is 0.293. The van der Waals surface area contributed by atoms with E-state index in [4.69, 9.17) is 0 Å². The minimum absolute atomic E-state index is 0.293. The molecule has 0 atom stereocenters. The molecule has 3 aromatic rings. The number of hydrogen-bond donors (Lipinski definition) is 1. The maximum Gasteiger partial charge on any atom is 0.416 e. The average molecular weight is 333 g/mol. The lowest BCUT2D eigenvalue weighted by atomic mass is 10.1. The smallest absolute Gasteiger partial charge is 0.342 e. The molecule has 0 bridgehead atoms. The van der Waals surface area contributed by atoms with E-state index in [-0.39, 0.29) is 0 Å². The van der Waals surface area contributed by atoms with Gasteiger partial charge in [0.25, 0.3) is 0 Å². The molecule has 0 spiro atoms. The molecule has 124 valence electrons. The minimum atomic E-state index is -4.35. The van der Waals surface area contributed by atoms with E-state index in [2.05, 4.69) is 20.4 Å². The van der Waals surface area contributed by atoms with E-state index in [0.29, 0.717) is 23.5 Å². The minimum Gasteiger partial charge on any atom is -0.342 e. The van der Waals surface area contributed by atoms with Crippen molar-refractivity contribution in [3.05, 3.63) is 59.4 Å². The second kappa shape index (κ2) is 6.31. The summed E-state index contributed by atoms with van der Waals surface area (Å²) in [5, 5.41) is 10.7. The average Bonchev–Trinajstić information content (AvgIpc) is 3.16. The predicted octanol–water partition coefficient (Wildman–Crippen LogP) is 3.39. The third-order valence-electron chi connectivity index (χ3n) is 3.51. The third-order valence-corrected chi connectivity index (χ3v) is 3.51. The largest absolute Gasteiger partial charge is 0.416 e. The summed E-state index contributed by atoms with van der Waals surface area (Å²) in [6, 6.07) is 8.93. The van der Waals surface area contributed by atoms with E-state index in [1.54, 1.807) is 25.5 Å². The molecule has 1 N–H and O–H groups in total. The highest BCUT2D eigenvalue weighted by Gasteiger charge is 2.30. The van der Waals surface area contributed by atoms with Crippen LogP contribution in [0.15, 0.2) is 47.6 Å². The van der Waals surface area contributed by atoms with Crippen LogP contribution >= 0.6 is 0 Å². The van der Waals surface area contributed by atoms with E-state index in [1.165, 1.54) is 6.07 Å². The summed E-state index contributed by atoms with van der Waals surface area (Å²) in [5.74, 6) is 0. The van der Waals surface area contributed by atoms with E-state index >= 15 is 0 Å². The molecule has 2 heterocycles. The third kappa shape index (κ3) is 3.22. The number of aliphatic imine (C=N–C) groups is 1. The van der Waals surface area contributed by atoms with Crippen LogP contribution in [0.2, 0.25) is 0 Å². The first-order valence-corrected chi connectivity index (χ1v) is 7.13. The number of H-pyrrole nitrogens is 1. The Kier molecular flexibility index (Phi) is 4.20. The molecule has 0 radical (unpaired) electrons. The van der Waals surface area contributed by atoms with Crippen molar-refractivity contribution in [2.45, 2.75) is 12.7 Å². The maximum atomic E-state index is 12.8. The van der Waals surface area contributed by atoms with Gasteiger partial charge in [0.15, 0.2) is 0 Å². The number of alkyl halides is 3. The quantitative estimate of drug-likeness (QED) is 0.744. The molecule has 0 fully saturated rings. The Morgan fingerprint density at radius 2 is 2.04 bits per heavy atom. The van der Waals surface area contributed by atoms with Crippen LogP contribution in [-0.2, 0) is 12.7 Å². The van der Waals surface area contributed by atoms with Gasteiger partial charge >= 0.3 is 6.18 Å². The Bertz CT molecular complexity index is 860. The summed E-state index contributed by atoms with van der Waals surface area (Å²) < 4.78 is 40.3. The fourth-order valence-electron chi connectivity index (χ4n) is 2.45. The van der Waals surface area contributed by atoms with Gasteiger partial charge in [0.2, 0.25) is 0 Å². The Hall–Kier alpha value is -2.90. The van der Waals surface area contributed by atoms with Crippen LogP contribution in [-0.4, -0.2) is 33.2 Å². The molecule has 0 saturated heterocycles. The number of aromatic nitrogens is 4. The fraction of sp³-hybridized carbons (Fsp3) is 0.188. The van der Waals surface area contributed by atoms with Crippen LogP contribution < -0.4 is 0 Å². The molecular formula is C16H14F3N5. The number of hydrogen-bond acceptors (Lipinski definition) is 3. The topological polar surface area (TPSA) is 58.9 Å². The van der Waals surface area contributed by atoms with Gasteiger partial charge < -0.3 is 4.57 Å². The van der Waals surface area contributed by atoms with Crippen molar-refractivity contribution in [2.24, 2.45) is 4.99 Å². The van der Waals surface area contributed by atoms with Crippen molar-refractivity contribution in [3.63, 3.8) is 0 Å². The lowest BCUT2D eigenvalue weighted by Gasteiger charge is -2.11. The zero-order chi connectivity index (χ0) is 17.2. The number of aromatic amines is 1. The van der Waals surface area contributed by atoms with Crippen LogP contribution in [0.4, 0.5) is 13.2 Å².